The van der Waals surface area contributed by atoms with Crippen LogP contribution in [-0.2, 0) is 4.79 Å². The summed E-state index contributed by atoms with van der Waals surface area (Å²) in [6, 6.07) is 0. The molecule has 0 amide bonds. The van der Waals surface area contributed by atoms with E-state index in [0.29, 0.717) is 0 Å². The highest BCUT2D eigenvalue weighted by molar-refractivity contribution is 6.02. The molecule has 0 aromatic heterocycles. The van der Waals surface area contributed by atoms with Crippen LogP contribution in [0.25, 0.3) is 0 Å². The van der Waals surface area contributed by atoms with Gasteiger partial charge in [0.1, 0.15) is 0 Å². The number of carbonyl (C=O) groups is 1. The second-order valence-electron chi connectivity index (χ2n) is 5.83. The van der Waals surface area contributed by atoms with Crippen molar-refractivity contribution in [2.75, 3.05) is 0 Å². The summed E-state index contributed by atoms with van der Waals surface area (Å²) < 4.78 is 193. The van der Waals surface area contributed by atoms with Crippen LogP contribution in [0.5, 0.6) is 0 Å². The lowest BCUT2D eigenvalue weighted by atomic mass is 9.58. The maximum Gasteiger partial charge on any atom is 0.354 e. The quantitative estimate of drug-likeness (QED) is 0.566. The number of alkyl halides is 14. The highest BCUT2D eigenvalue weighted by atomic mass is 19.3. The van der Waals surface area contributed by atoms with E-state index in [1.165, 1.54) is 0 Å². The van der Waals surface area contributed by atoms with E-state index in [0.717, 1.165) is 0 Å². The highest BCUT2D eigenvalue weighted by Gasteiger charge is 3.21. The molecule has 4 atom stereocenters. The van der Waals surface area contributed by atoms with Gasteiger partial charge in [-0.1, -0.05) is 0 Å². The minimum atomic E-state index is -7.80. The van der Waals surface area contributed by atoms with E-state index in [1.54, 1.807) is 0 Å². The smallest absolute Gasteiger partial charge is 0.289 e. The number of hydrogen-bond acceptors (Lipinski definition) is 1. The number of halogens is 14. The average Bonchev–Trinajstić information content (AvgIpc) is 2.51. The van der Waals surface area contributed by atoms with E-state index >= 15 is 0 Å². The van der Waals surface area contributed by atoms with E-state index in [9.17, 15) is 66.3 Å². The van der Waals surface area contributed by atoms with Crippen LogP contribution in [-0.4, -0.2) is 58.1 Å². The fraction of sp³-hybridized carbons (Fsp3) is 0.900. The Morgan fingerprint density at radius 2 is 0.760 bits per heavy atom. The number of hydrogen-bond donors (Lipinski definition) is 0. The monoisotopic (exact) mass is 402 g/mol. The van der Waals surface area contributed by atoms with Crippen LogP contribution in [0.2, 0.25) is 0 Å². The van der Waals surface area contributed by atoms with Gasteiger partial charge in [-0.25, -0.2) is 17.6 Å². The average molecular weight is 402 g/mol. The maximum absolute atomic E-state index is 14.2. The Morgan fingerprint density at radius 3 is 1.16 bits per heavy atom. The van der Waals surface area contributed by atoms with Gasteiger partial charge < -0.3 is 0 Å². The molecule has 3 aliphatic rings. The van der Waals surface area contributed by atoms with Crippen LogP contribution in [0.15, 0.2) is 0 Å². The molecule has 0 radical (unpaired) electrons. The summed E-state index contributed by atoms with van der Waals surface area (Å²) in [6.45, 7) is 0. The van der Waals surface area contributed by atoms with Crippen LogP contribution >= 0.6 is 0 Å². The fourth-order valence-electron chi connectivity index (χ4n) is 3.65. The van der Waals surface area contributed by atoms with Gasteiger partial charge in [0, 0.05) is 0 Å². The zero-order valence-corrected chi connectivity index (χ0v) is 10.7. The third-order valence-electron chi connectivity index (χ3n) is 4.97. The summed E-state index contributed by atoms with van der Waals surface area (Å²) in [7, 11) is 0. The molecular formula is C10F14O. The third kappa shape index (κ3) is 0.958. The van der Waals surface area contributed by atoms with Gasteiger partial charge in [0.2, 0.25) is 0 Å². The van der Waals surface area contributed by atoms with Gasteiger partial charge in [-0.05, 0) is 0 Å². The van der Waals surface area contributed by atoms with Crippen molar-refractivity contribution in [2.24, 2.45) is 0 Å². The molecule has 0 aliphatic heterocycles. The van der Waals surface area contributed by atoms with Crippen molar-refractivity contribution in [3.8, 4) is 0 Å². The molecule has 144 valence electrons. The Hall–Kier alpha value is -1.31. The number of fused-ring (bicyclic) bond motifs is 2. The predicted octanol–water partition coefficient (Wildman–Crippen LogP) is 3.61. The van der Waals surface area contributed by atoms with Gasteiger partial charge in [-0.3, -0.25) is 4.79 Å². The van der Waals surface area contributed by atoms with Gasteiger partial charge in [-0.2, -0.15) is 43.9 Å². The first-order chi connectivity index (χ1) is 10.7. The summed E-state index contributed by atoms with van der Waals surface area (Å²) in [5.74, 6) is -42.3. The van der Waals surface area contributed by atoms with Crippen molar-refractivity contribution in [2.45, 2.75) is 52.3 Å². The van der Waals surface area contributed by atoms with Gasteiger partial charge in [0.05, 0.1) is 0 Å². The summed E-state index contributed by atoms with van der Waals surface area (Å²) in [5.41, 5.74) is -29.6. The molecule has 0 heterocycles. The molecule has 0 N–H and O–H groups in total. The molecule has 0 spiro atoms. The summed E-state index contributed by atoms with van der Waals surface area (Å²) >= 11 is 0. The van der Waals surface area contributed by atoms with Gasteiger partial charge >= 0.3 is 41.0 Å². The molecule has 3 rings (SSSR count). The molecule has 0 saturated heterocycles. The predicted molar refractivity (Wildman–Crippen MR) is 45.1 cm³/mol. The van der Waals surface area contributed by atoms with Crippen LogP contribution in [0.1, 0.15) is 0 Å². The van der Waals surface area contributed by atoms with Crippen LogP contribution in [0.4, 0.5) is 61.5 Å². The van der Waals surface area contributed by atoms with Crippen LogP contribution in [0, 0.1) is 0 Å². The largest absolute Gasteiger partial charge is 0.354 e. The summed E-state index contributed by atoms with van der Waals surface area (Å²) in [4.78, 5) is 11.1. The molecular weight excluding hydrogens is 402 g/mol. The maximum atomic E-state index is 14.2. The van der Waals surface area contributed by atoms with Crippen molar-refractivity contribution >= 4 is 5.78 Å². The second-order valence-corrected chi connectivity index (χ2v) is 5.83. The number of rotatable bonds is 0. The molecule has 1 unspecified atom stereocenters. The van der Waals surface area contributed by atoms with Gasteiger partial charge in [0.25, 0.3) is 17.1 Å². The molecule has 3 saturated carbocycles. The van der Waals surface area contributed by atoms with Crippen molar-refractivity contribution in [1.82, 2.24) is 0 Å². The molecule has 3 bridgehead atoms. The van der Waals surface area contributed by atoms with E-state index in [-0.39, 0.29) is 0 Å². The lowest BCUT2D eigenvalue weighted by Crippen LogP contribution is -2.92. The Bertz CT molecular complexity index is 714. The molecule has 15 heteroatoms. The van der Waals surface area contributed by atoms with Gasteiger partial charge in [-0.15, -0.1) is 0 Å². The first-order valence-electron chi connectivity index (χ1n) is 5.85. The SMILES string of the molecule is O=C1C(F)(F)[C@]2(F)C(F)(F)[C@]3(F)C(F)(F)C1(F)[C@](F)(C2(F)F)C3(F)F. The minimum absolute atomic E-state index is 4.68. The van der Waals surface area contributed by atoms with Crippen molar-refractivity contribution in [1.29, 1.82) is 0 Å². The van der Waals surface area contributed by atoms with Gasteiger partial charge in [0.15, 0.2) is 0 Å². The lowest BCUT2D eigenvalue weighted by molar-refractivity contribution is -0.456. The summed E-state index contributed by atoms with van der Waals surface area (Å²) in [6.07, 6.45) is 0. The topological polar surface area (TPSA) is 17.1 Å². The number of Topliss-reactive ketones (excluding diaryl/α,β-unsaturated/α-hetero) is 1. The van der Waals surface area contributed by atoms with Crippen molar-refractivity contribution in [3.05, 3.63) is 0 Å². The first-order valence-corrected chi connectivity index (χ1v) is 5.85. The Morgan fingerprint density at radius 1 is 0.440 bits per heavy atom. The fourth-order valence-corrected chi connectivity index (χ4v) is 3.65. The van der Waals surface area contributed by atoms with E-state index in [1.807, 2.05) is 0 Å². The first kappa shape index (κ1) is 18.5. The molecule has 0 aromatic rings. The number of ketones is 1. The number of carbonyl (C=O) groups excluding carboxylic acids is 1. The lowest BCUT2D eigenvalue weighted by Gasteiger charge is -2.57. The molecule has 1 nitrogen and oxygen atoms in total. The summed E-state index contributed by atoms with van der Waals surface area (Å²) in [5, 5.41) is 0. The van der Waals surface area contributed by atoms with Crippen molar-refractivity contribution < 1.29 is 66.3 Å². The normalized spacial score (nSPS) is 53.1. The van der Waals surface area contributed by atoms with Crippen LogP contribution in [0.3, 0.4) is 0 Å². The third-order valence-corrected chi connectivity index (χ3v) is 4.97. The molecule has 3 fully saturated rings. The minimum Gasteiger partial charge on any atom is -0.289 e. The zero-order chi connectivity index (χ0) is 20.1. The Labute approximate surface area is 125 Å². The van der Waals surface area contributed by atoms with E-state index in [2.05, 4.69) is 0 Å². The zero-order valence-electron chi connectivity index (χ0n) is 10.7. The van der Waals surface area contributed by atoms with Crippen LogP contribution < -0.4 is 0 Å². The molecule has 3 aliphatic carbocycles. The Balaban J connectivity index is 2.72. The highest BCUT2D eigenvalue weighted by Crippen LogP contribution is 2.86. The molecule has 25 heavy (non-hydrogen) atoms. The van der Waals surface area contributed by atoms with E-state index in [4.69, 9.17) is 0 Å². The van der Waals surface area contributed by atoms with Crippen molar-refractivity contribution in [3.63, 3.8) is 0 Å². The second kappa shape index (κ2) is 3.44. The van der Waals surface area contributed by atoms with E-state index < -0.39 is 58.1 Å². The standard InChI is InChI=1S/C10F14O/c11-2-1(25)3(12,13)5(15)8(19,20)4(2,14)9(21,22)6(16,7(2,17)18)10(5,23)24/t2?,4-,5+,6-/m0/s1. The molecule has 0 aromatic carbocycles. The Kier molecular flexibility index (Phi) is 2.54.